The first kappa shape index (κ1) is 20.7. The van der Waals surface area contributed by atoms with Gasteiger partial charge in [0.1, 0.15) is 11.6 Å². The number of halogens is 1. The molecule has 31 heavy (non-hydrogen) atoms. The van der Waals surface area contributed by atoms with Crippen molar-refractivity contribution in [3.63, 3.8) is 0 Å². The highest BCUT2D eigenvalue weighted by molar-refractivity contribution is 6.06. The molecule has 160 valence electrons. The molecule has 2 aromatic carbocycles. The lowest BCUT2D eigenvalue weighted by Gasteiger charge is -2.16. The summed E-state index contributed by atoms with van der Waals surface area (Å²) in [6.45, 7) is 0.648. The van der Waals surface area contributed by atoms with Crippen LogP contribution in [-0.4, -0.2) is 28.5 Å². The number of nitrogens with zero attached hydrogens (tertiary/aromatic N) is 2. The van der Waals surface area contributed by atoms with Crippen molar-refractivity contribution < 1.29 is 18.7 Å². The Morgan fingerprint density at radius 2 is 1.84 bits per heavy atom. The van der Waals surface area contributed by atoms with Gasteiger partial charge in [-0.1, -0.05) is 12.8 Å². The van der Waals surface area contributed by atoms with Gasteiger partial charge in [0.15, 0.2) is 0 Å². The van der Waals surface area contributed by atoms with Gasteiger partial charge in [-0.3, -0.25) is 14.2 Å². The molecule has 2 heterocycles. The SMILES string of the molecule is COC(=O)c1ccc(F)c(NC(=O)c2ccc3c(=O)n4c(nc3c2)CCCCCC4)c1. The van der Waals surface area contributed by atoms with E-state index >= 15 is 0 Å². The Morgan fingerprint density at radius 1 is 1.06 bits per heavy atom. The number of rotatable bonds is 3. The molecule has 0 unspecified atom stereocenters. The summed E-state index contributed by atoms with van der Waals surface area (Å²) in [6.07, 6.45) is 4.82. The first-order valence-electron chi connectivity index (χ1n) is 10.2. The number of nitrogens with one attached hydrogen (secondary N) is 1. The Balaban J connectivity index is 1.67. The van der Waals surface area contributed by atoms with Crippen LogP contribution in [0.1, 0.15) is 52.2 Å². The molecule has 0 radical (unpaired) electrons. The van der Waals surface area contributed by atoms with E-state index in [9.17, 15) is 18.8 Å². The summed E-state index contributed by atoms with van der Waals surface area (Å²) in [5, 5.41) is 2.92. The van der Waals surface area contributed by atoms with E-state index in [4.69, 9.17) is 0 Å². The number of benzene rings is 2. The number of carbonyl (C=O) groups is 2. The van der Waals surface area contributed by atoms with Crippen molar-refractivity contribution in [2.75, 3.05) is 12.4 Å². The van der Waals surface area contributed by atoms with Crippen LogP contribution in [0.5, 0.6) is 0 Å². The normalized spacial score (nSPS) is 13.7. The third kappa shape index (κ3) is 4.19. The number of methoxy groups -OCH3 is 1. The average molecular weight is 423 g/mol. The van der Waals surface area contributed by atoms with E-state index in [0.717, 1.165) is 37.6 Å². The minimum absolute atomic E-state index is 0.106. The van der Waals surface area contributed by atoms with Crippen LogP contribution < -0.4 is 10.9 Å². The number of aromatic nitrogens is 2. The molecule has 0 aliphatic carbocycles. The maximum Gasteiger partial charge on any atom is 0.337 e. The zero-order valence-electron chi connectivity index (χ0n) is 17.1. The van der Waals surface area contributed by atoms with Gasteiger partial charge in [-0.25, -0.2) is 14.2 Å². The van der Waals surface area contributed by atoms with Crippen molar-refractivity contribution in [3.05, 3.63) is 69.5 Å². The van der Waals surface area contributed by atoms with Crippen molar-refractivity contribution in [3.8, 4) is 0 Å². The predicted octanol–water partition coefficient (Wildman–Crippen LogP) is 3.69. The molecular weight excluding hydrogens is 401 g/mol. The molecule has 1 aliphatic heterocycles. The van der Waals surface area contributed by atoms with Crippen LogP contribution in [0.4, 0.5) is 10.1 Å². The molecule has 1 N–H and O–H groups in total. The molecule has 0 fully saturated rings. The highest BCUT2D eigenvalue weighted by atomic mass is 19.1. The predicted molar refractivity (Wildman–Crippen MR) is 114 cm³/mol. The number of aryl methyl sites for hydroxylation is 1. The lowest BCUT2D eigenvalue weighted by molar-refractivity contribution is 0.0600. The van der Waals surface area contributed by atoms with Gasteiger partial charge in [-0.05, 0) is 49.2 Å². The summed E-state index contributed by atoms with van der Waals surface area (Å²) in [5.41, 5.74) is 0.544. The maximum atomic E-state index is 14.2. The fourth-order valence-electron chi connectivity index (χ4n) is 3.80. The summed E-state index contributed by atoms with van der Waals surface area (Å²) in [4.78, 5) is 42.0. The fraction of sp³-hybridized carbons (Fsp3) is 0.304. The second kappa shape index (κ2) is 8.67. The molecule has 0 saturated carbocycles. The Hall–Kier alpha value is -3.55. The van der Waals surface area contributed by atoms with Crippen LogP contribution in [0.3, 0.4) is 0 Å². The summed E-state index contributed by atoms with van der Waals surface area (Å²) in [6, 6.07) is 8.20. The third-order valence-corrected chi connectivity index (χ3v) is 5.46. The largest absolute Gasteiger partial charge is 0.465 e. The van der Waals surface area contributed by atoms with Gasteiger partial charge in [0, 0.05) is 18.5 Å². The molecule has 4 rings (SSSR count). The van der Waals surface area contributed by atoms with Crippen molar-refractivity contribution in [2.24, 2.45) is 0 Å². The van der Waals surface area contributed by atoms with E-state index in [1.807, 2.05) is 0 Å². The Kier molecular flexibility index (Phi) is 5.79. The van der Waals surface area contributed by atoms with Crippen molar-refractivity contribution in [1.29, 1.82) is 0 Å². The number of amides is 1. The van der Waals surface area contributed by atoms with E-state index in [2.05, 4.69) is 15.0 Å². The van der Waals surface area contributed by atoms with Crippen molar-refractivity contribution in [2.45, 2.75) is 38.6 Å². The fourth-order valence-corrected chi connectivity index (χ4v) is 3.80. The highest BCUT2D eigenvalue weighted by Crippen LogP contribution is 2.20. The van der Waals surface area contributed by atoms with E-state index in [0.29, 0.717) is 23.9 Å². The molecule has 0 saturated heterocycles. The third-order valence-electron chi connectivity index (χ3n) is 5.46. The molecule has 0 atom stereocenters. The van der Waals surface area contributed by atoms with Crippen LogP contribution in [0.25, 0.3) is 10.9 Å². The van der Waals surface area contributed by atoms with Crippen LogP contribution in [-0.2, 0) is 17.7 Å². The van der Waals surface area contributed by atoms with E-state index in [1.165, 1.54) is 31.4 Å². The number of anilines is 1. The van der Waals surface area contributed by atoms with Gasteiger partial charge in [-0.15, -0.1) is 0 Å². The summed E-state index contributed by atoms with van der Waals surface area (Å²) >= 11 is 0. The minimum Gasteiger partial charge on any atom is -0.465 e. The van der Waals surface area contributed by atoms with Crippen molar-refractivity contribution >= 4 is 28.5 Å². The topological polar surface area (TPSA) is 90.3 Å². The number of hydrogen-bond donors (Lipinski definition) is 1. The second-order valence-electron chi connectivity index (χ2n) is 7.52. The molecule has 1 amide bonds. The molecule has 0 spiro atoms. The van der Waals surface area contributed by atoms with E-state index < -0.39 is 17.7 Å². The molecular formula is C23H22FN3O4. The van der Waals surface area contributed by atoms with Gasteiger partial charge < -0.3 is 10.1 Å². The molecule has 1 aromatic heterocycles. The number of esters is 1. The first-order valence-corrected chi connectivity index (χ1v) is 10.2. The maximum absolute atomic E-state index is 14.2. The molecule has 7 nitrogen and oxygen atoms in total. The van der Waals surface area contributed by atoms with Gasteiger partial charge in [0.2, 0.25) is 0 Å². The van der Waals surface area contributed by atoms with Crippen LogP contribution in [0.2, 0.25) is 0 Å². The van der Waals surface area contributed by atoms with Gasteiger partial charge in [-0.2, -0.15) is 0 Å². The Bertz CT molecular complexity index is 1240. The zero-order chi connectivity index (χ0) is 22.0. The smallest absolute Gasteiger partial charge is 0.337 e. The average Bonchev–Trinajstić information content (AvgIpc) is 2.75. The lowest BCUT2D eigenvalue weighted by Crippen LogP contribution is -2.26. The quantitative estimate of drug-likeness (QED) is 0.649. The summed E-state index contributed by atoms with van der Waals surface area (Å²) in [7, 11) is 1.22. The molecule has 0 bridgehead atoms. The van der Waals surface area contributed by atoms with Gasteiger partial charge in [0.25, 0.3) is 11.5 Å². The zero-order valence-corrected chi connectivity index (χ0v) is 17.1. The van der Waals surface area contributed by atoms with E-state index in [-0.39, 0.29) is 22.4 Å². The van der Waals surface area contributed by atoms with Crippen molar-refractivity contribution in [1.82, 2.24) is 9.55 Å². The first-order chi connectivity index (χ1) is 15.0. The Morgan fingerprint density at radius 3 is 2.65 bits per heavy atom. The van der Waals surface area contributed by atoms with Gasteiger partial charge >= 0.3 is 5.97 Å². The molecule has 8 heteroatoms. The molecule has 1 aliphatic rings. The minimum atomic E-state index is -0.681. The number of fused-ring (bicyclic) bond motifs is 2. The van der Waals surface area contributed by atoms with E-state index in [1.54, 1.807) is 10.6 Å². The monoisotopic (exact) mass is 423 g/mol. The summed E-state index contributed by atoms with van der Waals surface area (Å²) in [5.74, 6) is -1.16. The van der Waals surface area contributed by atoms with Crippen LogP contribution >= 0.6 is 0 Å². The number of carbonyl (C=O) groups excluding carboxylic acids is 2. The molecule has 3 aromatic rings. The highest BCUT2D eigenvalue weighted by Gasteiger charge is 2.17. The second-order valence-corrected chi connectivity index (χ2v) is 7.52. The summed E-state index contributed by atoms with van der Waals surface area (Å²) < 4.78 is 20.5. The number of hydrogen-bond acceptors (Lipinski definition) is 5. The lowest BCUT2D eigenvalue weighted by atomic mass is 10.1. The van der Waals surface area contributed by atoms with Gasteiger partial charge in [0.05, 0.1) is 29.3 Å². The standard InChI is InChI=1S/C23H22FN3O4/c1-31-23(30)15-8-10-17(24)19(13-15)26-21(28)14-7-9-16-18(12-14)25-20-6-4-2-3-5-11-27(20)22(16)29/h7-10,12-13H,2-6,11H2,1H3,(H,26,28). The van der Waals surface area contributed by atoms with Crippen LogP contribution in [0.15, 0.2) is 41.2 Å². The number of ether oxygens (including phenoxy) is 1. The van der Waals surface area contributed by atoms with Crippen LogP contribution in [0, 0.1) is 5.82 Å². The Labute approximate surface area is 177 Å².